The second kappa shape index (κ2) is 63.5. The van der Waals surface area contributed by atoms with Crippen molar-refractivity contribution in [3.05, 3.63) is 72.9 Å². The van der Waals surface area contributed by atoms with E-state index in [4.69, 9.17) is 13.8 Å². The zero-order valence-corrected chi connectivity index (χ0v) is 57.0. The third-order valence-electron chi connectivity index (χ3n) is 15.9. The minimum atomic E-state index is -4.71. The smallest absolute Gasteiger partial charge is 0.306 e. The van der Waals surface area contributed by atoms with Crippen molar-refractivity contribution >= 4 is 19.7 Å². The van der Waals surface area contributed by atoms with Crippen LogP contribution in [0.25, 0.3) is 0 Å². The third kappa shape index (κ3) is 63.9. The van der Waals surface area contributed by atoms with E-state index < -0.39 is 20.0 Å². The molecule has 3 unspecified atom stereocenters. The van der Waals surface area contributed by atoms with Crippen LogP contribution in [0.4, 0.5) is 0 Å². The molecule has 0 rings (SSSR count). The maximum atomic E-state index is 13.6. The first kappa shape index (κ1) is 81.5. The number of allylic oxidation sites excluding steroid dienone is 11. The van der Waals surface area contributed by atoms with E-state index in [2.05, 4.69) is 86.8 Å². The molecule has 0 spiro atoms. The molecule has 84 heavy (non-hydrogen) atoms. The van der Waals surface area contributed by atoms with Gasteiger partial charge in [0.1, 0.15) is 19.3 Å². The first-order valence-electron chi connectivity index (χ1n) is 35.7. The van der Waals surface area contributed by atoms with E-state index in [1.807, 2.05) is 33.3 Å². The first-order valence-corrected chi connectivity index (χ1v) is 37.2. The molecule has 0 radical (unpaired) electrons. The van der Waals surface area contributed by atoms with Gasteiger partial charge in [0.15, 0.2) is 0 Å². The topological polar surface area (TPSA) is 114 Å². The normalized spacial score (nSPS) is 13.9. The zero-order valence-electron chi connectivity index (χ0n) is 56.1. The van der Waals surface area contributed by atoms with Gasteiger partial charge in [-0.3, -0.25) is 14.2 Å². The average Bonchev–Trinajstić information content (AvgIpc) is 3.64. The van der Waals surface area contributed by atoms with Crippen LogP contribution in [0, 0.1) is 0 Å². The summed E-state index contributed by atoms with van der Waals surface area (Å²) in [6, 6.07) is -0.893. The maximum Gasteiger partial charge on any atom is 0.306 e. The fraction of sp³-hybridized carbons (Fsp3) is 0.811. The van der Waals surface area contributed by atoms with Gasteiger partial charge in [-0.25, -0.2) is 0 Å². The number of hydrogen-bond acceptors (Lipinski definition) is 7. The second-order valence-corrected chi connectivity index (χ2v) is 26.8. The van der Waals surface area contributed by atoms with Crippen LogP contribution in [-0.2, 0) is 27.9 Å². The lowest BCUT2D eigenvalue weighted by atomic mass is 10.0. The molecule has 0 saturated heterocycles. The SMILES string of the molecule is CCCCC/C=C\C/C=C\C/C=C\CCCCCCCCCCCCC(=O)NC(COP(=O)([O-])OCC[N+](C)(C)C)C(/C=C/CCCCCCCCCCCC)OC(=O)CCCCCCCCCCCCCCC/C=C\C/C=C\CCCCC. The van der Waals surface area contributed by atoms with Gasteiger partial charge in [0.05, 0.1) is 33.8 Å². The maximum absolute atomic E-state index is 13.6. The quantitative estimate of drug-likeness (QED) is 0.0212. The van der Waals surface area contributed by atoms with Gasteiger partial charge >= 0.3 is 5.97 Å². The Morgan fingerprint density at radius 3 is 1.11 bits per heavy atom. The van der Waals surface area contributed by atoms with E-state index in [-0.39, 0.29) is 31.5 Å². The molecule has 0 bridgehead atoms. The number of likely N-dealkylation sites (N-methyl/N-ethyl adjacent to an activating group) is 1. The van der Waals surface area contributed by atoms with Gasteiger partial charge in [0.25, 0.3) is 7.82 Å². The Morgan fingerprint density at radius 2 is 0.726 bits per heavy atom. The number of carbonyl (C=O) groups is 2. The Kier molecular flexibility index (Phi) is 61.5. The van der Waals surface area contributed by atoms with Crippen molar-refractivity contribution in [3.63, 3.8) is 0 Å². The number of phosphoric ester groups is 1. The van der Waals surface area contributed by atoms with E-state index in [1.165, 1.54) is 212 Å². The molecule has 1 N–H and O–H groups in total. The highest BCUT2D eigenvalue weighted by Gasteiger charge is 2.27. The number of phosphoric acid groups is 1. The molecule has 0 aliphatic heterocycles. The molecule has 0 fully saturated rings. The summed E-state index contributed by atoms with van der Waals surface area (Å²) in [5.74, 6) is -0.537. The van der Waals surface area contributed by atoms with Gasteiger partial charge in [-0.2, -0.15) is 0 Å². The molecular formula is C74H137N2O7P. The standard InChI is InChI=1S/C74H137N2O7P/c1-7-10-13-16-19-22-25-28-30-32-34-36-38-40-42-44-46-48-51-54-57-60-63-66-73(77)75-71(70-82-84(79,80)81-69-68-76(4,5)6)72(65-62-59-56-53-50-27-24-21-18-15-12-9-3)83-74(78)67-64-61-58-55-52-49-47-45-43-41-39-37-35-33-31-29-26-23-20-17-14-11-8-2/h19-20,22-23,28-31,34,36,62,65,71-72H,7-18,21,24-27,32-33,35,37-61,63-64,66-70H2,1-6H3,(H-,75,77,79,80)/b22-19-,23-20-,30-28-,31-29-,36-34-,65-62+. The highest BCUT2D eigenvalue weighted by Crippen LogP contribution is 2.38. The predicted octanol–water partition coefficient (Wildman–Crippen LogP) is 22.1. The zero-order chi connectivity index (χ0) is 61.4. The summed E-state index contributed by atoms with van der Waals surface area (Å²) in [5.41, 5.74) is 0. The van der Waals surface area contributed by atoms with Crippen LogP contribution < -0.4 is 10.2 Å². The van der Waals surface area contributed by atoms with E-state index in [9.17, 15) is 19.0 Å². The molecular weight excluding hydrogens is 1060 g/mol. The van der Waals surface area contributed by atoms with Gasteiger partial charge < -0.3 is 28.5 Å². The van der Waals surface area contributed by atoms with Crippen molar-refractivity contribution in [2.24, 2.45) is 0 Å². The van der Waals surface area contributed by atoms with Crippen LogP contribution in [-0.4, -0.2) is 69.4 Å². The lowest BCUT2D eigenvalue weighted by molar-refractivity contribution is -0.870. The molecule has 1 amide bonds. The molecule has 490 valence electrons. The van der Waals surface area contributed by atoms with Crippen molar-refractivity contribution in [1.29, 1.82) is 0 Å². The van der Waals surface area contributed by atoms with Gasteiger partial charge in [0.2, 0.25) is 5.91 Å². The number of nitrogens with zero attached hydrogens (tertiary/aromatic N) is 1. The summed E-state index contributed by atoms with van der Waals surface area (Å²) in [5, 5.41) is 3.04. The molecule has 0 aliphatic rings. The van der Waals surface area contributed by atoms with Crippen LogP contribution in [0.1, 0.15) is 335 Å². The Hall–Kier alpha value is -2.55. The molecule has 0 aromatic heterocycles. The number of hydrogen-bond donors (Lipinski definition) is 1. The van der Waals surface area contributed by atoms with E-state index in [0.717, 1.165) is 89.9 Å². The number of ether oxygens (including phenoxy) is 1. The summed E-state index contributed by atoms with van der Waals surface area (Å²) in [4.78, 5) is 40.2. The monoisotopic (exact) mass is 1200 g/mol. The third-order valence-corrected chi connectivity index (χ3v) is 16.8. The molecule has 0 aromatic rings. The fourth-order valence-electron chi connectivity index (χ4n) is 10.3. The van der Waals surface area contributed by atoms with Gasteiger partial charge in [-0.15, -0.1) is 0 Å². The molecule has 0 aliphatic carbocycles. The second-order valence-electron chi connectivity index (χ2n) is 25.4. The minimum absolute atomic E-state index is 0.0242. The van der Waals surface area contributed by atoms with Gasteiger partial charge in [-0.05, 0) is 102 Å². The average molecular weight is 1200 g/mol. The number of nitrogens with one attached hydrogen (secondary N) is 1. The van der Waals surface area contributed by atoms with Crippen molar-refractivity contribution < 1.29 is 37.3 Å². The van der Waals surface area contributed by atoms with E-state index >= 15 is 0 Å². The number of unbranched alkanes of at least 4 members (excludes halogenated alkanes) is 39. The number of quaternary nitrogens is 1. The van der Waals surface area contributed by atoms with E-state index in [0.29, 0.717) is 17.4 Å². The molecule has 9 nitrogen and oxygen atoms in total. The molecule has 0 saturated carbocycles. The summed E-state index contributed by atoms with van der Waals surface area (Å²) >= 11 is 0. The van der Waals surface area contributed by atoms with Crippen molar-refractivity contribution in [3.8, 4) is 0 Å². The number of rotatable bonds is 65. The van der Waals surface area contributed by atoms with Crippen LogP contribution in [0.5, 0.6) is 0 Å². The number of esters is 1. The Balaban J connectivity index is 5.07. The molecule has 0 heterocycles. The highest BCUT2D eigenvalue weighted by molar-refractivity contribution is 7.45. The van der Waals surface area contributed by atoms with Crippen molar-refractivity contribution in [2.75, 3.05) is 40.9 Å². The Morgan fingerprint density at radius 1 is 0.417 bits per heavy atom. The molecule has 3 atom stereocenters. The van der Waals surface area contributed by atoms with Crippen LogP contribution >= 0.6 is 7.82 Å². The summed E-state index contributed by atoms with van der Waals surface area (Å²) < 4.78 is 30.5. The number of amides is 1. The summed E-state index contributed by atoms with van der Waals surface area (Å²) in [6.45, 7) is 6.82. The lowest BCUT2D eigenvalue weighted by Crippen LogP contribution is -2.47. The number of carbonyl (C=O) groups excluding carboxylic acids is 2. The Bertz CT molecular complexity index is 1670. The highest BCUT2D eigenvalue weighted by atomic mass is 31.2. The predicted molar refractivity (Wildman–Crippen MR) is 362 cm³/mol. The summed E-state index contributed by atoms with van der Waals surface area (Å²) in [6.07, 6.45) is 83.0. The van der Waals surface area contributed by atoms with Gasteiger partial charge in [-0.1, -0.05) is 293 Å². The largest absolute Gasteiger partial charge is 0.756 e. The van der Waals surface area contributed by atoms with E-state index in [1.54, 1.807) is 0 Å². The van der Waals surface area contributed by atoms with Gasteiger partial charge in [0, 0.05) is 12.8 Å². The Labute approximate surface area is 521 Å². The van der Waals surface area contributed by atoms with Crippen molar-refractivity contribution in [2.45, 2.75) is 348 Å². The van der Waals surface area contributed by atoms with Crippen LogP contribution in [0.3, 0.4) is 0 Å². The van der Waals surface area contributed by atoms with Crippen molar-refractivity contribution in [1.82, 2.24) is 5.32 Å². The van der Waals surface area contributed by atoms with Crippen LogP contribution in [0.2, 0.25) is 0 Å². The van der Waals surface area contributed by atoms with Crippen LogP contribution in [0.15, 0.2) is 72.9 Å². The minimum Gasteiger partial charge on any atom is -0.756 e. The lowest BCUT2D eigenvalue weighted by Gasteiger charge is -2.30. The molecule has 0 aromatic carbocycles. The molecule has 10 heteroatoms. The fourth-order valence-corrected chi connectivity index (χ4v) is 11.0. The first-order chi connectivity index (χ1) is 40.9. The summed E-state index contributed by atoms with van der Waals surface area (Å²) in [7, 11) is 1.19.